The Morgan fingerprint density at radius 3 is 2.62 bits per heavy atom. The maximum atomic E-state index is 12.5. The molecule has 86 valence electrons. The molecule has 0 unspecified atom stereocenters. The fraction of sp³-hybridized carbons (Fsp3) is 0.111. The quantitative estimate of drug-likeness (QED) is 0.664. The van der Waals surface area contributed by atoms with E-state index in [0.717, 1.165) is 12.3 Å². The lowest BCUT2D eigenvalue weighted by Gasteiger charge is -2.09. The van der Waals surface area contributed by atoms with Gasteiger partial charge in [-0.15, -0.1) is 0 Å². The van der Waals surface area contributed by atoms with Crippen LogP contribution in [0.25, 0.3) is 6.08 Å². The molecule has 0 radical (unpaired) electrons. The van der Waals surface area contributed by atoms with Crippen LogP contribution < -0.4 is 0 Å². The van der Waals surface area contributed by atoms with Gasteiger partial charge in [0, 0.05) is 21.4 Å². The van der Waals surface area contributed by atoms with Crippen LogP contribution in [0.2, 0.25) is 0 Å². The van der Waals surface area contributed by atoms with Crippen LogP contribution in [0.5, 0.6) is 0 Å². The Morgan fingerprint density at radius 1 is 1.50 bits per heavy atom. The number of aliphatic carboxylic acids is 1. The molecule has 0 aromatic carbocycles. The van der Waals surface area contributed by atoms with Gasteiger partial charge in [-0.1, -0.05) is 0 Å². The van der Waals surface area contributed by atoms with Gasteiger partial charge >= 0.3 is 12.1 Å². The van der Waals surface area contributed by atoms with Crippen molar-refractivity contribution in [1.29, 1.82) is 0 Å². The van der Waals surface area contributed by atoms with E-state index >= 15 is 0 Å². The Kier molecular flexibility index (Phi) is 3.89. The zero-order valence-corrected chi connectivity index (χ0v) is 9.78. The number of hydrogen-bond acceptors (Lipinski definition) is 2. The topological polar surface area (TPSA) is 50.2 Å². The molecule has 0 spiro atoms. The first-order valence-corrected chi connectivity index (χ1v) is 5.03. The van der Waals surface area contributed by atoms with Gasteiger partial charge in [-0.25, -0.2) is 4.79 Å². The number of carboxylic acid groups (broad SMARTS) is 1. The lowest BCUT2D eigenvalue weighted by atomic mass is 10.1. The third-order valence-electron chi connectivity index (χ3n) is 1.60. The van der Waals surface area contributed by atoms with Gasteiger partial charge in [-0.2, -0.15) is 13.2 Å². The van der Waals surface area contributed by atoms with Crippen molar-refractivity contribution in [1.82, 2.24) is 4.98 Å². The Morgan fingerprint density at radius 2 is 2.12 bits per heavy atom. The predicted octanol–water partition coefficient (Wildman–Crippen LogP) is 2.80. The number of rotatable bonds is 2. The zero-order chi connectivity index (χ0) is 12.3. The highest BCUT2D eigenvalue weighted by atomic mass is 127. The molecule has 1 heterocycles. The van der Waals surface area contributed by atoms with Crippen molar-refractivity contribution in [2.45, 2.75) is 6.18 Å². The Balaban J connectivity index is 3.30. The fourth-order valence-corrected chi connectivity index (χ4v) is 1.58. The van der Waals surface area contributed by atoms with E-state index in [4.69, 9.17) is 5.11 Å². The van der Waals surface area contributed by atoms with E-state index in [9.17, 15) is 18.0 Å². The molecule has 0 aliphatic rings. The van der Waals surface area contributed by atoms with Crippen molar-refractivity contribution in [3.8, 4) is 0 Å². The molecule has 16 heavy (non-hydrogen) atoms. The Labute approximate surface area is 102 Å². The average molecular weight is 343 g/mol. The molecule has 3 nitrogen and oxygen atoms in total. The van der Waals surface area contributed by atoms with Crippen LogP contribution in [-0.2, 0) is 11.0 Å². The summed E-state index contributed by atoms with van der Waals surface area (Å²) in [7, 11) is 0. The smallest absolute Gasteiger partial charge is 0.433 e. The monoisotopic (exact) mass is 343 g/mol. The number of halogens is 4. The second-order valence-electron chi connectivity index (χ2n) is 2.72. The summed E-state index contributed by atoms with van der Waals surface area (Å²) in [6.07, 6.45) is -2.03. The van der Waals surface area contributed by atoms with Gasteiger partial charge < -0.3 is 5.11 Å². The molecule has 7 heteroatoms. The molecule has 0 bridgehead atoms. The first-order chi connectivity index (χ1) is 7.32. The number of pyridine rings is 1. The van der Waals surface area contributed by atoms with E-state index in [1.54, 1.807) is 22.6 Å². The molecule has 0 saturated carbocycles. The van der Waals surface area contributed by atoms with Crippen LogP contribution in [0.1, 0.15) is 11.3 Å². The van der Waals surface area contributed by atoms with E-state index in [2.05, 4.69) is 4.98 Å². The molecular formula is C9H5F3INO2. The normalized spacial score (nSPS) is 12.0. The van der Waals surface area contributed by atoms with Gasteiger partial charge in [0.25, 0.3) is 0 Å². The molecule has 0 aliphatic heterocycles. The molecule has 0 fully saturated rings. The number of nitrogens with zero attached hydrogens (tertiary/aromatic N) is 1. The van der Waals surface area contributed by atoms with E-state index in [-0.39, 0.29) is 9.13 Å². The molecule has 1 rings (SSSR count). The summed E-state index contributed by atoms with van der Waals surface area (Å²) in [6.45, 7) is 0. The fourth-order valence-electron chi connectivity index (χ4n) is 0.989. The lowest BCUT2D eigenvalue weighted by Crippen LogP contribution is -2.11. The summed E-state index contributed by atoms with van der Waals surface area (Å²) in [4.78, 5) is 13.5. The van der Waals surface area contributed by atoms with Crippen molar-refractivity contribution in [3.05, 3.63) is 33.2 Å². The zero-order valence-electron chi connectivity index (χ0n) is 7.62. The third-order valence-corrected chi connectivity index (χ3v) is 2.54. The van der Waals surface area contributed by atoms with E-state index < -0.39 is 17.8 Å². The molecule has 1 aromatic rings. The number of hydrogen-bond donors (Lipinski definition) is 1. The molecule has 0 amide bonds. The van der Waals surface area contributed by atoms with Crippen molar-refractivity contribution in [3.63, 3.8) is 0 Å². The van der Waals surface area contributed by atoms with Crippen molar-refractivity contribution in [2.24, 2.45) is 0 Å². The maximum absolute atomic E-state index is 12.5. The minimum atomic E-state index is -4.60. The van der Waals surface area contributed by atoms with Gasteiger partial charge in [-0.3, -0.25) is 4.98 Å². The van der Waals surface area contributed by atoms with Gasteiger partial charge in [-0.05, 0) is 34.7 Å². The summed E-state index contributed by atoms with van der Waals surface area (Å²) in [5.41, 5.74) is -1.32. The van der Waals surface area contributed by atoms with Crippen LogP contribution in [-0.4, -0.2) is 16.1 Å². The van der Waals surface area contributed by atoms with Crippen LogP contribution in [0, 0.1) is 3.57 Å². The summed E-state index contributed by atoms with van der Waals surface area (Å²) in [6, 6.07) is 1.37. The highest BCUT2D eigenvalue weighted by Crippen LogP contribution is 2.32. The summed E-state index contributed by atoms with van der Waals surface area (Å²) < 4.78 is 37.8. The number of aromatic nitrogens is 1. The lowest BCUT2D eigenvalue weighted by molar-refractivity contribution is -0.141. The molecule has 1 N–H and O–H groups in total. The van der Waals surface area contributed by atoms with Crippen molar-refractivity contribution in [2.75, 3.05) is 0 Å². The molecular weight excluding hydrogens is 338 g/mol. The molecule has 0 saturated heterocycles. The summed E-state index contributed by atoms with van der Waals surface area (Å²) >= 11 is 1.69. The second kappa shape index (κ2) is 4.81. The van der Waals surface area contributed by atoms with Gasteiger partial charge in [0.1, 0.15) is 0 Å². The standard InChI is InChI=1S/C9H5F3INO2/c10-9(11,12)8-5(1-2-7(15)16)6(13)3-4-14-8/h1-4H,(H,15,16)/b2-1+. The van der Waals surface area contributed by atoms with E-state index in [1.807, 2.05) is 0 Å². The number of carboxylic acids is 1. The van der Waals surface area contributed by atoms with Crippen LogP contribution in [0.4, 0.5) is 13.2 Å². The van der Waals surface area contributed by atoms with Gasteiger partial charge in [0.2, 0.25) is 0 Å². The van der Waals surface area contributed by atoms with Gasteiger partial charge in [0.15, 0.2) is 5.69 Å². The minimum Gasteiger partial charge on any atom is -0.478 e. The Hall–Kier alpha value is -1.12. The molecule has 0 atom stereocenters. The summed E-state index contributed by atoms with van der Waals surface area (Å²) in [5, 5.41) is 8.37. The molecule has 1 aromatic heterocycles. The largest absolute Gasteiger partial charge is 0.478 e. The summed E-state index contributed by atoms with van der Waals surface area (Å²) in [5.74, 6) is -1.31. The van der Waals surface area contributed by atoms with Crippen molar-refractivity contribution < 1.29 is 23.1 Å². The van der Waals surface area contributed by atoms with Crippen molar-refractivity contribution >= 4 is 34.6 Å². The van der Waals surface area contributed by atoms with E-state index in [1.165, 1.54) is 6.07 Å². The maximum Gasteiger partial charge on any atom is 0.433 e. The average Bonchev–Trinajstić information content (AvgIpc) is 2.13. The third kappa shape index (κ3) is 3.19. The van der Waals surface area contributed by atoms with Crippen LogP contribution in [0.15, 0.2) is 18.3 Å². The van der Waals surface area contributed by atoms with E-state index in [0.29, 0.717) is 6.08 Å². The minimum absolute atomic E-state index is 0.238. The number of carbonyl (C=O) groups is 1. The van der Waals surface area contributed by atoms with Crippen LogP contribution >= 0.6 is 22.6 Å². The predicted molar refractivity (Wildman–Crippen MR) is 58.6 cm³/mol. The second-order valence-corrected chi connectivity index (χ2v) is 3.89. The SMILES string of the molecule is O=C(O)/C=C/c1c(I)ccnc1C(F)(F)F. The highest BCUT2D eigenvalue weighted by molar-refractivity contribution is 14.1. The first-order valence-electron chi connectivity index (χ1n) is 3.95. The molecule has 0 aliphatic carbocycles. The highest BCUT2D eigenvalue weighted by Gasteiger charge is 2.35. The first kappa shape index (κ1) is 12.9. The number of alkyl halides is 3. The van der Waals surface area contributed by atoms with Gasteiger partial charge in [0.05, 0.1) is 0 Å². The Bertz CT molecular complexity index is 443. The van der Waals surface area contributed by atoms with Crippen LogP contribution in [0.3, 0.4) is 0 Å².